The first kappa shape index (κ1) is 30.5. The standard InChI is InChI=1S/C17H11F2N5O2.C15H13FN4O/c18-11-4-2-1-3-10(11)7-24-15(14-8-26-9-21-14)5-13(23-24)16-20-6-12(19)17(25)22-16;16-12-4-2-1-3-10(12)8-20-14(11-5-6-21-9-11)7-13(19-20)15(17)18/h1-6,8-9H,7H2,(H,20,22,25);1-7,9H,8H2,(H3,17,18). The van der Waals surface area contributed by atoms with E-state index in [2.05, 4.69) is 25.1 Å². The minimum atomic E-state index is -0.990. The van der Waals surface area contributed by atoms with Crippen molar-refractivity contribution in [2.75, 3.05) is 0 Å². The summed E-state index contributed by atoms with van der Waals surface area (Å²) in [5.41, 5.74) is 8.68. The van der Waals surface area contributed by atoms with E-state index in [1.165, 1.54) is 29.5 Å². The molecule has 0 atom stereocenters. The molecule has 0 aliphatic heterocycles. The van der Waals surface area contributed by atoms with E-state index < -0.39 is 11.4 Å². The van der Waals surface area contributed by atoms with Crippen molar-refractivity contribution >= 4 is 5.84 Å². The van der Waals surface area contributed by atoms with Crippen molar-refractivity contribution in [3.8, 4) is 34.2 Å². The zero-order valence-corrected chi connectivity index (χ0v) is 24.3. The van der Waals surface area contributed by atoms with Gasteiger partial charge in [0.25, 0.3) is 5.56 Å². The van der Waals surface area contributed by atoms with Crippen LogP contribution in [0.15, 0.2) is 112 Å². The quantitative estimate of drug-likeness (QED) is 0.150. The maximum Gasteiger partial charge on any atom is 0.287 e. The first-order valence-electron chi connectivity index (χ1n) is 13.9. The molecule has 0 spiro atoms. The Bertz CT molecular complexity index is 2200. The number of halogens is 3. The van der Waals surface area contributed by atoms with E-state index in [0.29, 0.717) is 28.2 Å². The highest BCUT2D eigenvalue weighted by Gasteiger charge is 2.17. The monoisotopic (exact) mass is 639 g/mol. The number of aromatic nitrogens is 7. The number of nitrogens with two attached hydrogens (primary N) is 1. The molecule has 0 saturated heterocycles. The summed E-state index contributed by atoms with van der Waals surface area (Å²) in [6, 6.07) is 17.9. The normalized spacial score (nSPS) is 10.9. The first-order valence-corrected chi connectivity index (χ1v) is 13.9. The molecule has 12 nitrogen and oxygen atoms in total. The molecular weight excluding hydrogens is 615 g/mol. The van der Waals surface area contributed by atoms with Crippen molar-refractivity contribution in [3.05, 3.63) is 143 Å². The molecule has 5 heterocycles. The first-order chi connectivity index (χ1) is 22.8. The fourth-order valence-electron chi connectivity index (χ4n) is 4.60. The van der Waals surface area contributed by atoms with E-state index in [1.54, 1.807) is 71.8 Å². The molecule has 15 heteroatoms. The van der Waals surface area contributed by atoms with E-state index in [1.807, 2.05) is 0 Å². The zero-order valence-electron chi connectivity index (χ0n) is 24.3. The Morgan fingerprint density at radius 3 is 2.06 bits per heavy atom. The largest absolute Gasteiger partial charge is 0.472 e. The lowest BCUT2D eigenvalue weighted by Gasteiger charge is -2.07. The number of hydrogen-bond donors (Lipinski definition) is 3. The molecule has 0 bridgehead atoms. The van der Waals surface area contributed by atoms with Crippen LogP contribution in [0.2, 0.25) is 0 Å². The Hall–Kier alpha value is -6.51. The second kappa shape index (κ2) is 13.2. The minimum Gasteiger partial charge on any atom is -0.472 e. The fraction of sp³-hybridized carbons (Fsp3) is 0.0625. The lowest BCUT2D eigenvalue weighted by molar-refractivity contribution is 0.557. The number of nitrogens with one attached hydrogen (secondary N) is 2. The van der Waals surface area contributed by atoms with E-state index in [0.717, 1.165) is 17.5 Å². The van der Waals surface area contributed by atoms with Crippen molar-refractivity contribution in [2.24, 2.45) is 5.73 Å². The van der Waals surface area contributed by atoms with Gasteiger partial charge in [-0.15, -0.1) is 0 Å². The van der Waals surface area contributed by atoms with E-state index in [-0.39, 0.29) is 42.1 Å². The summed E-state index contributed by atoms with van der Waals surface area (Å²) in [4.78, 5) is 21.7. The molecule has 0 aliphatic rings. The highest BCUT2D eigenvalue weighted by atomic mass is 19.1. The molecule has 0 amide bonds. The van der Waals surface area contributed by atoms with Crippen LogP contribution in [0, 0.1) is 22.9 Å². The SMILES string of the molecule is N=C(N)c1cc(-c2ccoc2)n(Cc2ccccc2F)n1.O=c1[nH]c(-c2cc(-c3cocn3)n(Cc3ccccc3F)n2)ncc1F. The van der Waals surface area contributed by atoms with Crippen LogP contribution in [0.5, 0.6) is 0 Å². The summed E-state index contributed by atoms with van der Waals surface area (Å²) in [6.07, 6.45) is 6.61. The van der Waals surface area contributed by atoms with Gasteiger partial charge in [0.15, 0.2) is 12.2 Å². The van der Waals surface area contributed by atoms with Crippen molar-refractivity contribution in [1.82, 2.24) is 34.5 Å². The van der Waals surface area contributed by atoms with Gasteiger partial charge in [-0.1, -0.05) is 36.4 Å². The van der Waals surface area contributed by atoms with Gasteiger partial charge in [0, 0.05) is 16.7 Å². The van der Waals surface area contributed by atoms with Crippen LogP contribution in [0.3, 0.4) is 0 Å². The molecule has 47 heavy (non-hydrogen) atoms. The Morgan fingerprint density at radius 2 is 1.49 bits per heavy atom. The summed E-state index contributed by atoms with van der Waals surface area (Å²) < 4.78 is 54.1. The molecule has 0 radical (unpaired) electrons. The van der Waals surface area contributed by atoms with Crippen LogP contribution in [-0.4, -0.2) is 40.3 Å². The highest BCUT2D eigenvalue weighted by molar-refractivity contribution is 5.94. The number of benzene rings is 2. The number of nitrogen functional groups attached to an aromatic ring is 1. The summed E-state index contributed by atoms with van der Waals surface area (Å²) in [6.45, 7) is 0.376. The summed E-state index contributed by atoms with van der Waals surface area (Å²) in [5, 5.41) is 16.1. The molecule has 0 aliphatic carbocycles. The summed E-state index contributed by atoms with van der Waals surface area (Å²) in [7, 11) is 0. The molecule has 2 aromatic carbocycles. The number of aromatic amines is 1. The molecule has 0 unspecified atom stereocenters. The van der Waals surface area contributed by atoms with Crippen LogP contribution in [0.25, 0.3) is 34.2 Å². The van der Waals surface area contributed by atoms with Crippen LogP contribution in [-0.2, 0) is 13.1 Å². The fourth-order valence-corrected chi connectivity index (χ4v) is 4.60. The number of furan rings is 1. The number of oxazole rings is 1. The summed E-state index contributed by atoms with van der Waals surface area (Å²) >= 11 is 0. The van der Waals surface area contributed by atoms with Gasteiger partial charge in [-0.25, -0.2) is 18.7 Å². The lowest BCUT2D eigenvalue weighted by atomic mass is 10.2. The van der Waals surface area contributed by atoms with Gasteiger partial charge in [-0.05, 0) is 30.3 Å². The predicted octanol–water partition coefficient (Wildman–Crippen LogP) is 5.23. The van der Waals surface area contributed by atoms with Gasteiger partial charge in [0.2, 0.25) is 5.82 Å². The van der Waals surface area contributed by atoms with Crippen molar-refractivity contribution < 1.29 is 22.0 Å². The number of hydrogen-bond acceptors (Lipinski definition) is 8. The minimum absolute atomic E-state index is 0.0911. The van der Waals surface area contributed by atoms with Crippen LogP contribution >= 0.6 is 0 Å². The number of rotatable bonds is 8. The van der Waals surface area contributed by atoms with Crippen LogP contribution in [0.1, 0.15) is 16.8 Å². The van der Waals surface area contributed by atoms with E-state index >= 15 is 0 Å². The molecular formula is C32H24F3N9O3. The maximum absolute atomic E-state index is 14.0. The molecule has 7 aromatic rings. The Balaban J connectivity index is 0.000000168. The average Bonchev–Trinajstić information content (AvgIpc) is 3.88. The summed E-state index contributed by atoms with van der Waals surface area (Å²) in [5.74, 6) is -1.70. The Labute approximate surface area is 263 Å². The van der Waals surface area contributed by atoms with E-state index in [9.17, 15) is 18.0 Å². The zero-order chi connectivity index (χ0) is 32.9. The number of nitrogens with zero attached hydrogens (tertiary/aromatic N) is 6. The van der Waals surface area contributed by atoms with Gasteiger partial charge in [0.05, 0.1) is 43.2 Å². The van der Waals surface area contributed by atoms with Gasteiger partial charge in [0.1, 0.15) is 40.8 Å². The van der Waals surface area contributed by atoms with Crippen molar-refractivity contribution in [1.29, 1.82) is 5.41 Å². The highest BCUT2D eigenvalue weighted by Crippen LogP contribution is 2.25. The van der Waals surface area contributed by atoms with Gasteiger partial charge in [-0.3, -0.25) is 19.6 Å². The number of H-pyrrole nitrogens is 1. The molecule has 0 fully saturated rings. The maximum atomic E-state index is 14.0. The average molecular weight is 640 g/mol. The van der Waals surface area contributed by atoms with Crippen LogP contribution in [0.4, 0.5) is 13.2 Å². The van der Waals surface area contributed by atoms with Gasteiger partial charge >= 0.3 is 0 Å². The third kappa shape index (κ3) is 6.78. The Morgan fingerprint density at radius 1 is 0.809 bits per heavy atom. The molecule has 0 saturated carbocycles. The third-order valence-electron chi connectivity index (χ3n) is 6.90. The topological polar surface area (TPSA) is 170 Å². The molecule has 236 valence electrons. The third-order valence-corrected chi connectivity index (χ3v) is 6.90. The second-order valence-electron chi connectivity index (χ2n) is 10.0. The number of amidine groups is 1. The Kier molecular flexibility index (Phi) is 8.59. The predicted molar refractivity (Wildman–Crippen MR) is 163 cm³/mol. The van der Waals surface area contributed by atoms with Crippen LogP contribution < -0.4 is 11.3 Å². The lowest BCUT2D eigenvalue weighted by Crippen LogP contribution is -2.13. The van der Waals surface area contributed by atoms with Crippen molar-refractivity contribution in [2.45, 2.75) is 13.1 Å². The molecule has 7 rings (SSSR count). The van der Waals surface area contributed by atoms with E-state index in [4.69, 9.17) is 20.0 Å². The van der Waals surface area contributed by atoms with Gasteiger partial charge in [-0.2, -0.15) is 14.6 Å². The van der Waals surface area contributed by atoms with Gasteiger partial charge < -0.3 is 19.6 Å². The smallest absolute Gasteiger partial charge is 0.287 e. The molecule has 4 N–H and O–H groups in total. The second-order valence-corrected chi connectivity index (χ2v) is 10.0. The van der Waals surface area contributed by atoms with Crippen molar-refractivity contribution in [3.63, 3.8) is 0 Å². The molecule has 5 aromatic heterocycles.